The molecule has 2 aliphatic rings. The summed E-state index contributed by atoms with van der Waals surface area (Å²) in [6.45, 7) is 5.92. The minimum atomic E-state index is -0.0127. The fourth-order valence-electron chi connectivity index (χ4n) is 5.54. The number of piperidine rings is 1. The number of carbonyl (C=O) groups excluding carboxylic acids is 2. The molecule has 0 saturated carbocycles. The monoisotopic (exact) mass is 514 g/mol. The fraction of sp³-hybridized carbons (Fsp3) is 0.467. The molecular formula is C30H38N6O2. The number of aromatic nitrogens is 3. The molecule has 2 aromatic carbocycles. The molecule has 2 aliphatic heterocycles. The second-order valence-corrected chi connectivity index (χ2v) is 10.7. The molecule has 8 heteroatoms. The van der Waals surface area contributed by atoms with E-state index in [9.17, 15) is 9.59 Å². The van der Waals surface area contributed by atoms with Crippen molar-refractivity contribution in [3.63, 3.8) is 0 Å². The highest BCUT2D eigenvalue weighted by atomic mass is 16.2. The van der Waals surface area contributed by atoms with Gasteiger partial charge in [-0.3, -0.25) is 9.59 Å². The van der Waals surface area contributed by atoms with Crippen LogP contribution < -0.4 is 5.32 Å². The van der Waals surface area contributed by atoms with Gasteiger partial charge >= 0.3 is 0 Å². The molecule has 8 nitrogen and oxygen atoms in total. The van der Waals surface area contributed by atoms with Crippen LogP contribution in [0.2, 0.25) is 0 Å². The summed E-state index contributed by atoms with van der Waals surface area (Å²) in [6.07, 6.45) is 6.08. The topological polar surface area (TPSA) is 83.4 Å². The van der Waals surface area contributed by atoms with Crippen LogP contribution in [0.25, 0.3) is 0 Å². The number of amides is 2. The van der Waals surface area contributed by atoms with Crippen LogP contribution in [-0.2, 0) is 16.0 Å². The van der Waals surface area contributed by atoms with Gasteiger partial charge in [-0.25, -0.2) is 9.67 Å². The van der Waals surface area contributed by atoms with Gasteiger partial charge in [0.25, 0.3) is 0 Å². The molecule has 1 aromatic heterocycles. The van der Waals surface area contributed by atoms with Crippen LogP contribution in [0.1, 0.15) is 61.6 Å². The third-order valence-corrected chi connectivity index (χ3v) is 7.84. The van der Waals surface area contributed by atoms with E-state index in [-0.39, 0.29) is 23.8 Å². The Morgan fingerprint density at radius 1 is 1.00 bits per heavy atom. The van der Waals surface area contributed by atoms with E-state index in [4.69, 9.17) is 5.10 Å². The molecule has 3 heterocycles. The van der Waals surface area contributed by atoms with Crippen LogP contribution in [0.4, 0.5) is 0 Å². The van der Waals surface area contributed by atoms with Crippen LogP contribution in [0.15, 0.2) is 67.0 Å². The van der Waals surface area contributed by atoms with E-state index in [0.29, 0.717) is 25.6 Å². The summed E-state index contributed by atoms with van der Waals surface area (Å²) in [4.78, 5) is 33.1. The second kappa shape index (κ2) is 12.3. The second-order valence-electron chi connectivity index (χ2n) is 10.7. The predicted molar refractivity (Wildman–Crippen MR) is 146 cm³/mol. The number of benzene rings is 2. The third kappa shape index (κ3) is 6.86. The average Bonchev–Trinajstić information content (AvgIpc) is 3.38. The Bertz CT molecular complexity index is 1180. The number of nitrogens with zero attached hydrogens (tertiary/aromatic N) is 5. The number of carbonyl (C=O) groups is 2. The Morgan fingerprint density at radius 3 is 2.37 bits per heavy atom. The van der Waals surface area contributed by atoms with E-state index in [1.54, 1.807) is 11.8 Å². The maximum Gasteiger partial charge on any atom is 0.220 e. The lowest BCUT2D eigenvalue weighted by atomic mass is 9.95. The van der Waals surface area contributed by atoms with Gasteiger partial charge in [-0.05, 0) is 30.4 Å². The van der Waals surface area contributed by atoms with Crippen molar-refractivity contribution in [2.45, 2.75) is 51.1 Å². The van der Waals surface area contributed by atoms with Gasteiger partial charge in [0.1, 0.15) is 6.33 Å². The van der Waals surface area contributed by atoms with Gasteiger partial charge in [0.2, 0.25) is 11.8 Å². The molecule has 3 aromatic rings. The summed E-state index contributed by atoms with van der Waals surface area (Å²) >= 11 is 0. The molecule has 1 N–H and O–H groups in total. The van der Waals surface area contributed by atoms with Gasteiger partial charge in [-0.1, -0.05) is 60.7 Å². The quantitative estimate of drug-likeness (QED) is 0.447. The number of rotatable bonds is 10. The third-order valence-electron chi connectivity index (χ3n) is 7.84. The van der Waals surface area contributed by atoms with E-state index >= 15 is 0 Å². The maximum absolute atomic E-state index is 12.8. The van der Waals surface area contributed by atoms with Crippen molar-refractivity contribution in [3.05, 3.63) is 83.9 Å². The summed E-state index contributed by atoms with van der Waals surface area (Å²) in [5, 5.41) is 8.05. The number of likely N-dealkylation sites (tertiary alicyclic amines) is 2. The summed E-state index contributed by atoms with van der Waals surface area (Å²) < 4.78 is 2.05. The molecule has 2 amide bonds. The van der Waals surface area contributed by atoms with Gasteiger partial charge in [-0.15, -0.1) is 0 Å². The summed E-state index contributed by atoms with van der Waals surface area (Å²) in [5.74, 6) is 1.29. The van der Waals surface area contributed by atoms with Crippen molar-refractivity contribution in [1.82, 2.24) is 29.9 Å². The van der Waals surface area contributed by atoms with Gasteiger partial charge in [-0.2, -0.15) is 5.10 Å². The normalized spacial score (nSPS) is 17.7. The highest BCUT2D eigenvalue weighted by Crippen LogP contribution is 2.25. The van der Waals surface area contributed by atoms with E-state index in [2.05, 4.69) is 44.1 Å². The first-order valence-electron chi connectivity index (χ1n) is 13.8. The Labute approximate surface area is 225 Å². The van der Waals surface area contributed by atoms with E-state index in [1.807, 2.05) is 42.7 Å². The minimum absolute atomic E-state index is 0.0127. The molecule has 5 rings (SSSR count). The molecular weight excluding hydrogens is 476 g/mol. The molecule has 38 heavy (non-hydrogen) atoms. The van der Waals surface area contributed by atoms with Crippen molar-refractivity contribution in [3.8, 4) is 0 Å². The van der Waals surface area contributed by atoms with E-state index in [0.717, 1.165) is 56.7 Å². The Kier molecular flexibility index (Phi) is 8.48. The highest BCUT2D eigenvalue weighted by molar-refractivity contribution is 5.78. The zero-order chi connectivity index (χ0) is 26.3. The standard InChI is InChI=1S/C30H38N6O2/c1-23(37)35-20-25(21-35)19-30(38)32-28(26-10-6-3-7-11-26)14-17-34-15-12-27(13-16-34)36-22-31-29(33-36)18-24-8-4-2-5-9-24/h2-11,22,25,27-28H,12-21H2,1H3,(H,32,38)/t28-/m0/s1. The average molecular weight is 515 g/mol. The first-order valence-corrected chi connectivity index (χ1v) is 13.8. The predicted octanol–water partition coefficient (Wildman–Crippen LogP) is 3.62. The smallest absolute Gasteiger partial charge is 0.220 e. The van der Waals surface area contributed by atoms with Crippen LogP contribution in [-0.4, -0.2) is 69.1 Å². The molecule has 2 saturated heterocycles. The Morgan fingerprint density at radius 2 is 1.68 bits per heavy atom. The van der Waals surface area contributed by atoms with Crippen molar-refractivity contribution < 1.29 is 9.59 Å². The number of nitrogens with one attached hydrogen (secondary N) is 1. The molecule has 0 radical (unpaired) electrons. The fourth-order valence-corrected chi connectivity index (χ4v) is 5.54. The van der Waals surface area contributed by atoms with Gasteiger partial charge in [0, 0.05) is 58.4 Å². The van der Waals surface area contributed by atoms with Crippen molar-refractivity contribution >= 4 is 11.8 Å². The summed E-state index contributed by atoms with van der Waals surface area (Å²) in [7, 11) is 0. The lowest BCUT2D eigenvalue weighted by Crippen LogP contribution is -2.50. The van der Waals surface area contributed by atoms with Crippen molar-refractivity contribution in [2.24, 2.45) is 5.92 Å². The molecule has 0 spiro atoms. The van der Waals surface area contributed by atoms with Crippen molar-refractivity contribution in [2.75, 3.05) is 32.7 Å². The molecule has 0 unspecified atom stereocenters. The SMILES string of the molecule is CC(=O)N1CC(CC(=O)N[C@@H](CCN2CCC(n3cnc(Cc4ccccc4)n3)CC2)c2ccccc2)C1. The zero-order valence-corrected chi connectivity index (χ0v) is 22.2. The zero-order valence-electron chi connectivity index (χ0n) is 22.2. The van der Waals surface area contributed by atoms with Crippen LogP contribution in [0, 0.1) is 5.92 Å². The lowest BCUT2D eigenvalue weighted by Gasteiger charge is -2.38. The molecule has 1 atom stereocenters. The van der Waals surface area contributed by atoms with Crippen molar-refractivity contribution in [1.29, 1.82) is 0 Å². The molecule has 2 fully saturated rings. The number of hydrogen-bond donors (Lipinski definition) is 1. The molecule has 0 bridgehead atoms. The summed E-state index contributed by atoms with van der Waals surface area (Å²) in [5.41, 5.74) is 2.37. The first-order chi connectivity index (χ1) is 18.5. The summed E-state index contributed by atoms with van der Waals surface area (Å²) in [6, 6.07) is 21.0. The van der Waals surface area contributed by atoms with E-state index < -0.39 is 0 Å². The van der Waals surface area contributed by atoms with Crippen LogP contribution in [0.5, 0.6) is 0 Å². The first kappa shape index (κ1) is 26.1. The highest BCUT2D eigenvalue weighted by Gasteiger charge is 2.31. The maximum atomic E-state index is 12.8. The van der Waals surface area contributed by atoms with Gasteiger partial charge in [0.05, 0.1) is 12.1 Å². The van der Waals surface area contributed by atoms with E-state index in [1.165, 1.54) is 5.56 Å². The molecule has 0 aliphatic carbocycles. The van der Waals surface area contributed by atoms with Gasteiger partial charge in [0.15, 0.2) is 5.82 Å². The minimum Gasteiger partial charge on any atom is -0.349 e. The largest absolute Gasteiger partial charge is 0.349 e. The Hall–Kier alpha value is -3.52. The Balaban J connectivity index is 1.09. The lowest BCUT2D eigenvalue weighted by molar-refractivity contribution is -0.137. The number of hydrogen-bond acceptors (Lipinski definition) is 5. The van der Waals surface area contributed by atoms with Gasteiger partial charge < -0.3 is 15.1 Å². The van der Waals surface area contributed by atoms with Crippen LogP contribution >= 0.6 is 0 Å². The molecule has 200 valence electrons. The van der Waals surface area contributed by atoms with Crippen LogP contribution in [0.3, 0.4) is 0 Å².